The summed E-state index contributed by atoms with van der Waals surface area (Å²) in [6.07, 6.45) is 3.43. The second-order valence-corrected chi connectivity index (χ2v) is 7.05. The van der Waals surface area contributed by atoms with Crippen LogP contribution in [-0.4, -0.2) is 64.1 Å². The van der Waals surface area contributed by atoms with E-state index < -0.39 is 0 Å². The first-order valence-electron chi connectivity index (χ1n) is 8.35. The van der Waals surface area contributed by atoms with Crippen molar-refractivity contribution in [1.29, 1.82) is 0 Å². The Morgan fingerprint density at radius 2 is 1.88 bits per heavy atom. The molecule has 1 saturated heterocycles. The Morgan fingerprint density at radius 3 is 2.40 bits per heavy atom. The van der Waals surface area contributed by atoms with E-state index in [4.69, 9.17) is 4.74 Å². The fourth-order valence-corrected chi connectivity index (χ4v) is 2.67. The Balaban J connectivity index is 1.61. The van der Waals surface area contributed by atoms with Gasteiger partial charge in [0.2, 0.25) is 0 Å². The zero-order valence-electron chi connectivity index (χ0n) is 15.1. The van der Waals surface area contributed by atoms with Gasteiger partial charge in [0.15, 0.2) is 5.69 Å². The van der Waals surface area contributed by atoms with E-state index in [1.807, 2.05) is 37.8 Å². The van der Waals surface area contributed by atoms with Crippen molar-refractivity contribution in [3.8, 4) is 5.75 Å². The highest BCUT2D eigenvalue weighted by Crippen LogP contribution is 2.18. The third kappa shape index (κ3) is 3.72. The summed E-state index contributed by atoms with van der Waals surface area (Å²) < 4.78 is 6.85. The molecule has 0 atom stereocenters. The number of piperazine rings is 1. The standard InChI is InChI=1S/C17H24N6O2/c1-17(2,3)23-12-14(19-20-23)16(24)22-9-7-21(8-10-22)15-6-5-13(25-4)11-18-15/h5-6,11-12H,7-10H2,1-4H3. The van der Waals surface area contributed by atoms with Crippen molar-refractivity contribution in [3.05, 3.63) is 30.2 Å². The minimum Gasteiger partial charge on any atom is -0.495 e. The highest BCUT2D eigenvalue weighted by Gasteiger charge is 2.26. The number of pyridine rings is 1. The molecule has 0 spiro atoms. The molecule has 8 heteroatoms. The monoisotopic (exact) mass is 344 g/mol. The van der Waals surface area contributed by atoms with E-state index in [9.17, 15) is 4.79 Å². The van der Waals surface area contributed by atoms with Gasteiger partial charge in [-0.2, -0.15) is 0 Å². The number of amides is 1. The zero-order chi connectivity index (χ0) is 18.0. The highest BCUT2D eigenvalue weighted by atomic mass is 16.5. The molecule has 0 aliphatic carbocycles. The Labute approximate surface area is 147 Å². The van der Waals surface area contributed by atoms with Gasteiger partial charge in [0.05, 0.1) is 25.0 Å². The molecule has 0 saturated carbocycles. The van der Waals surface area contributed by atoms with Crippen molar-refractivity contribution in [3.63, 3.8) is 0 Å². The predicted molar refractivity (Wildman–Crippen MR) is 93.9 cm³/mol. The Hall–Kier alpha value is -2.64. The molecule has 1 fully saturated rings. The summed E-state index contributed by atoms with van der Waals surface area (Å²) in [5.74, 6) is 1.56. The molecule has 0 radical (unpaired) electrons. The molecule has 2 aromatic rings. The van der Waals surface area contributed by atoms with Crippen LogP contribution in [0.3, 0.4) is 0 Å². The van der Waals surface area contributed by atoms with Gasteiger partial charge in [-0.25, -0.2) is 9.67 Å². The average molecular weight is 344 g/mol. The molecular weight excluding hydrogens is 320 g/mol. The van der Waals surface area contributed by atoms with Crippen molar-refractivity contribution in [2.45, 2.75) is 26.3 Å². The summed E-state index contributed by atoms with van der Waals surface area (Å²) in [5.41, 5.74) is 0.204. The van der Waals surface area contributed by atoms with Crippen LogP contribution in [0.5, 0.6) is 5.75 Å². The molecular formula is C17H24N6O2. The molecule has 8 nitrogen and oxygen atoms in total. The van der Waals surface area contributed by atoms with Gasteiger partial charge in [-0.3, -0.25) is 4.79 Å². The van der Waals surface area contributed by atoms with Crippen LogP contribution < -0.4 is 9.64 Å². The molecule has 1 aliphatic rings. The first-order valence-corrected chi connectivity index (χ1v) is 8.35. The molecule has 0 unspecified atom stereocenters. The van der Waals surface area contributed by atoms with Gasteiger partial charge < -0.3 is 14.5 Å². The summed E-state index contributed by atoms with van der Waals surface area (Å²) >= 11 is 0. The van der Waals surface area contributed by atoms with Gasteiger partial charge in [0.1, 0.15) is 11.6 Å². The second-order valence-electron chi connectivity index (χ2n) is 7.05. The van der Waals surface area contributed by atoms with Crippen LogP contribution in [-0.2, 0) is 5.54 Å². The number of carbonyl (C=O) groups excluding carboxylic acids is 1. The van der Waals surface area contributed by atoms with Crippen molar-refractivity contribution in [2.24, 2.45) is 0 Å². The smallest absolute Gasteiger partial charge is 0.276 e. The van der Waals surface area contributed by atoms with Crippen LogP contribution >= 0.6 is 0 Å². The lowest BCUT2D eigenvalue weighted by molar-refractivity contribution is 0.0740. The SMILES string of the molecule is COc1ccc(N2CCN(C(=O)c3cn(C(C)(C)C)nn3)CC2)nc1. The molecule has 1 aliphatic heterocycles. The van der Waals surface area contributed by atoms with E-state index in [2.05, 4.69) is 20.2 Å². The van der Waals surface area contributed by atoms with Gasteiger partial charge in [-0.15, -0.1) is 5.10 Å². The Morgan fingerprint density at radius 1 is 1.16 bits per heavy atom. The number of nitrogens with zero attached hydrogens (tertiary/aromatic N) is 6. The number of aromatic nitrogens is 4. The van der Waals surface area contributed by atoms with E-state index in [-0.39, 0.29) is 11.4 Å². The lowest BCUT2D eigenvalue weighted by Crippen LogP contribution is -2.49. The van der Waals surface area contributed by atoms with E-state index in [0.717, 1.165) is 24.7 Å². The fraction of sp³-hybridized carbons (Fsp3) is 0.529. The van der Waals surface area contributed by atoms with Gasteiger partial charge in [0.25, 0.3) is 5.91 Å². The van der Waals surface area contributed by atoms with Crippen LogP contribution in [0, 0.1) is 0 Å². The van der Waals surface area contributed by atoms with Crippen LogP contribution in [0.25, 0.3) is 0 Å². The summed E-state index contributed by atoms with van der Waals surface area (Å²) in [6, 6.07) is 3.83. The molecule has 0 N–H and O–H groups in total. The van der Waals surface area contributed by atoms with Crippen molar-refractivity contribution in [2.75, 3.05) is 38.2 Å². The molecule has 25 heavy (non-hydrogen) atoms. The third-order valence-corrected chi connectivity index (χ3v) is 4.25. The van der Waals surface area contributed by atoms with E-state index >= 15 is 0 Å². The van der Waals surface area contributed by atoms with Crippen molar-refractivity contribution >= 4 is 11.7 Å². The summed E-state index contributed by atoms with van der Waals surface area (Å²) in [4.78, 5) is 21.0. The lowest BCUT2D eigenvalue weighted by atomic mass is 10.1. The maximum Gasteiger partial charge on any atom is 0.276 e. The zero-order valence-corrected chi connectivity index (χ0v) is 15.1. The number of carbonyl (C=O) groups is 1. The molecule has 0 aromatic carbocycles. The number of ether oxygens (including phenoxy) is 1. The van der Waals surface area contributed by atoms with Crippen molar-refractivity contribution < 1.29 is 9.53 Å². The molecule has 3 rings (SSSR count). The minimum absolute atomic E-state index is 0.0714. The number of anilines is 1. The largest absolute Gasteiger partial charge is 0.495 e. The lowest BCUT2D eigenvalue weighted by Gasteiger charge is -2.35. The maximum absolute atomic E-state index is 12.6. The van der Waals surface area contributed by atoms with Crippen LogP contribution in [0.1, 0.15) is 31.3 Å². The molecule has 134 valence electrons. The normalized spacial score (nSPS) is 15.4. The molecule has 2 aromatic heterocycles. The predicted octanol–water partition coefficient (Wildman–Crippen LogP) is 1.40. The van der Waals surface area contributed by atoms with Crippen LogP contribution in [0.2, 0.25) is 0 Å². The van der Waals surface area contributed by atoms with Crippen LogP contribution in [0.4, 0.5) is 5.82 Å². The summed E-state index contributed by atoms with van der Waals surface area (Å²) in [7, 11) is 1.62. The summed E-state index contributed by atoms with van der Waals surface area (Å²) in [6.45, 7) is 8.81. The third-order valence-electron chi connectivity index (χ3n) is 4.25. The second kappa shape index (κ2) is 6.70. The van der Waals surface area contributed by atoms with E-state index in [0.29, 0.717) is 18.8 Å². The quantitative estimate of drug-likeness (QED) is 0.838. The highest BCUT2D eigenvalue weighted by molar-refractivity contribution is 5.92. The summed E-state index contributed by atoms with van der Waals surface area (Å²) in [5, 5.41) is 8.11. The van der Waals surface area contributed by atoms with Gasteiger partial charge >= 0.3 is 0 Å². The number of hydrogen-bond acceptors (Lipinski definition) is 6. The molecule has 0 bridgehead atoms. The number of methoxy groups -OCH3 is 1. The molecule has 1 amide bonds. The van der Waals surface area contributed by atoms with Gasteiger partial charge in [-0.05, 0) is 32.9 Å². The van der Waals surface area contributed by atoms with E-state index in [1.165, 1.54) is 0 Å². The first kappa shape index (κ1) is 17.2. The average Bonchev–Trinajstić information content (AvgIpc) is 3.12. The topological polar surface area (TPSA) is 76.4 Å². The first-order chi connectivity index (χ1) is 11.9. The maximum atomic E-state index is 12.6. The minimum atomic E-state index is -0.190. The Kier molecular flexibility index (Phi) is 4.61. The van der Waals surface area contributed by atoms with E-state index in [1.54, 1.807) is 24.2 Å². The fourth-order valence-electron chi connectivity index (χ4n) is 2.67. The molecule has 3 heterocycles. The number of hydrogen-bond donors (Lipinski definition) is 0. The van der Waals surface area contributed by atoms with Crippen molar-refractivity contribution in [1.82, 2.24) is 24.9 Å². The van der Waals surface area contributed by atoms with Crippen LogP contribution in [0.15, 0.2) is 24.5 Å². The number of rotatable bonds is 3. The van der Waals surface area contributed by atoms with Gasteiger partial charge in [-0.1, -0.05) is 5.21 Å². The van der Waals surface area contributed by atoms with Gasteiger partial charge in [0, 0.05) is 26.2 Å². The Bertz CT molecular complexity index is 726.